The lowest BCUT2D eigenvalue weighted by Crippen LogP contribution is -2.38. The molecule has 1 aromatic carbocycles. The fourth-order valence-electron chi connectivity index (χ4n) is 3.89. The lowest BCUT2D eigenvalue weighted by Gasteiger charge is -2.31. The van der Waals surface area contributed by atoms with Crippen molar-refractivity contribution < 1.29 is 18.0 Å². The molecular formula is C20H21F3N2OS. The molecule has 1 aliphatic heterocycles. The number of piperidine rings is 1. The van der Waals surface area contributed by atoms with Crippen LogP contribution in [0.4, 0.5) is 13.2 Å². The monoisotopic (exact) mass is 394 g/mol. The molecule has 27 heavy (non-hydrogen) atoms. The highest BCUT2D eigenvalue weighted by Gasteiger charge is 2.31. The van der Waals surface area contributed by atoms with E-state index in [0.29, 0.717) is 30.9 Å². The Morgan fingerprint density at radius 1 is 1.22 bits per heavy atom. The van der Waals surface area contributed by atoms with Crippen LogP contribution in [0.3, 0.4) is 0 Å². The highest BCUT2D eigenvalue weighted by molar-refractivity contribution is 7.18. The third-order valence-electron chi connectivity index (χ3n) is 5.48. The number of thiazole rings is 1. The van der Waals surface area contributed by atoms with E-state index in [0.717, 1.165) is 47.5 Å². The van der Waals surface area contributed by atoms with Gasteiger partial charge >= 0.3 is 6.18 Å². The second-order valence-electron chi connectivity index (χ2n) is 7.36. The van der Waals surface area contributed by atoms with Gasteiger partial charge in [-0.15, -0.1) is 11.3 Å². The molecule has 0 unspecified atom stereocenters. The smallest absolute Gasteiger partial charge is 0.343 e. The van der Waals surface area contributed by atoms with Gasteiger partial charge in [0.2, 0.25) is 5.91 Å². The summed E-state index contributed by atoms with van der Waals surface area (Å²) in [4.78, 5) is 18.8. The van der Waals surface area contributed by atoms with E-state index in [1.54, 1.807) is 0 Å². The quantitative estimate of drug-likeness (QED) is 0.655. The molecule has 1 atom stereocenters. The Labute approximate surface area is 159 Å². The van der Waals surface area contributed by atoms with Crippen LogP contribution in [0.25, 0.3) is 10.2 Å². The van der Waals surface area contributed by atoms with Gasteiger partial charge in [0.1, 0.15) is 0 Å². The minimum absolute atomic E-state index is 0.212. The van der Waals surface area contributed by atoms with Crippen LogP contribution >= 0.6 is 11.3 Å². The average Bonchev–Trinajstić information content (AvgIpc) is 3.29. The van der Waals surface area contributed by atoms with Crippen molar-refractivity contribution in [2.24, 2.45) is 5.92 Å². The molecule has 1 aliphatic carbocycles. The number of fused-ring (bicyclic) bond motifs is 1. The first-order valence-electron chi connectivity index (χ1n) is 9.32. The number of benzene rings is 1. The Morgan fingerprint density at radius 2 is 2.00 bits per heavy atom. The first-order chi connectivity index (χ1) is 12.9. The van der Waals surface area contributed by atoms with Crippen LogP contribution in [0.2, 0.25) is 0 Å². The van der Waals surface area contributed by atoms with Crippen molar-refractivity contribution in [3.8, 4) is 0 Å². The topological polar surface area (TPSA) is 33.2 Å². The summed E-state index contributed by atoms with van der Waals surface area (Å²) >= 11 is 1.47. The van der Waals surface area contributed by atoms with Gasteiger partial charge in [0.15, 0.2) is 0 Å². The normalized spacial score (nSPS) is 21.3. The van der Waals surface area contributed by atoms with Crippen LogP contribution in [0, 0.1) is 5.92 Å². The number of hydrogen-bond acceptors (Lipinski definition) is 3. The molecule has 4 rings (SSSR count). The van der Waals surface area contributed by atoms with E-state index in [1.807, 2.05) is 4.90 Å². The molecule has 0 N–H and O–H groups in total. The predicted octanol–water partition coefficient (Wildman–Crippen LogP) is 5.38. The van der Waals surface area contributed by atoms with Crippen molar-refractivity contribution in [3.63, 3.8) is 0 Å². The molecule has 1 amide bonds. The summed E-state index contributed by atoms with van der Waals surface area (Å²) in [6, 6.07) is 3.75. The van der Waals surface area contributed by atoms with E-state index in [1.165, 1.54) is 17.4 Å². The number of halogens is 3. The maximum atomic E-state index is 12.9. The molecular weight excluding hydrogens is 373 g/mol. The molecule has 7 heteroatoms. The van der Waals surface area contributed by atoms with Crippen LogP contribution < -0.4 is 0 Å². The zero-order chi connectivity index (χ0) is 19.0. The van der Waals surface area contributed by atoms with Gasteiger partial charge in [-0.1, -0.05) is 12.2 Å². The summed E-state index contributed by atoms with van der Waals surface area (Å²) in [5, 5.41) is 0.884. The molecule has 0 radical (unpaired) electrons. The van der Waals surface area contributed by atoms with Gasteiger partial charge in [0.05, 0.1) is 20.8 Å². The Kier molecular flexibility index (Phi) is 4.97. The van der Waals surface area contributed by atoms with Crippen molar-refractivity contribution in [3.05, 3.63) is 40.9 Å². The van der Waals surface area contributed by atoms with E-state index in [9.17, 15) is 18.0 Å². The first kappa shape index (κ1) is 18.5. The number of likely N-dealkylation sites (tertiary alicyclic amines) is 1. The van der Waals surface area contributed by atoms with Gasteiger partial charge < -0.3 is 4.90 Å². The third kappa shape index (κ3) is 4.03. The van der Waals surface area contributed by atoms with Gasteiger partial charge in [0.25, 0.3) is 0 Å². The Morgan fingerprint density at radius 3 is 2.67 bits per heavy atom. The standard InChI is InChI=1S/C20H21F3N2OS/c21-20(22,23)15-5-6-17-16(12-15)24-19(27-17)14-7-9-25(10-8-14)18(26)11-13-3-1-2-4-13/h1,3,5-6,12-14H,2,4,7-11H2/t13-/m0/s1. The van der Waals surface area contributed by atoms with Gasteiger partial charge in [-0.3, -0.25) is 4.79 Å². The summed E-state index contributed by atoms with van der Waals surface area (Å²) in [5.74, 6) is 0.804. The molecule has 2 heterocycles. The Hall–Kier alpha value is -1.89. The van der Waals surface area contributed by atoms with Crippen molar-refractivity contribution in [1.82, 2.24) is 9.88 Å². The number of rotatable bonds is 3. The van der Waals surface area contributed by atoms with E-state index in [2.05, 4.69) is 17.1 Å². The molecule has 0 bridgehead atoms. The number of carbonyl (C=O) groups is 1. The second-order valence-corrected chi connectivity index (χ2v) is 8.42. The number of carbonyl (C=O) groups excluding carboxylic acids is 1. The van der Waals surface area contributed by atoms with Gasteiger partial charge in [-0.25, -0.2) is 4.98 Å². The van der Waals surface area contributed by atoms with Crippen molar-refractivity contribution in [1.29, 1.82) is 0 Å². The van der Waals surface area contributed by atoms with Crippen LogP contribution in [0.1, 0.15) is 48.6 Å². The number of alkyl halides is 3. The Bertz CT molecular complexity index is 866. The van der Waals surface area contributed by atoms with E-state index < -0.39 is 11.7 Å². The van der Waals surface area contributed by atoms with Crippen molar-refractivity contribution in [2.45, 2.75) is 44.2 Å². The summed E-state index contributed by atoms with van der Waals surface area (Å²) in [6.07, 6.45) is 4.28. The number of hydrogen-bond donors (Lipinski definition) is 0. The number of aromatic nitrogens is 1. The average molecular weight is 394 g/mol. The second kappa shape index (κ2) is 7.26. The first-order valence-corrected chi connectivity index (χ1v) is 10.1. The van der Waals surface area contributed by atoms with E-state index in [4.69, 9.17) is 0 Å². The maximum Gasteiger partial charge on any atom is 0.416 e. The molecule has 1 fully saturated rings. The summed E-state index contributed by atoms with van der Waals surface area (Å²) in [6.45, 7) is 1.40. The minimum Gasteiger partial charge on any atom is -0.343 e. The number of allylic oxidation sites excluding steroid dienone is 2. The summed E-state index contributed by atoms with van der Waals surface area (Å²) < 4.78 is 39.4. The zero-order valence-corrected chi connectivity index (χ0v) is 15.7. The third-order valence-corrected chi connectivity index (χ3v) is 6.68. The molecule has 2 aromatic rings. The van der Waals surface area contributed by atoms with Crippen molar-refractivity contribution in [2.75, 3.05) is 13.1 Å². The lowest BCUT2D eigenvalue weighted by molar-refractivity contribution is -0.137. The Balaban J connectivity index is 1.40. The van der Waals surface area contributed by atoms with Crippen LogP contribution in [-0.4, -0.2) is 28.9 Å². The van der Waals surface area contributed by atoms with Crippen LogP contribution in [0.15, 0.2) is 30.4 Å². The highest BCUT2D eigenvalue weighted by atomic mass is 32.1. The highest BCUT2D eigenvalue weighted by Crippen LogP contribution is 2.37. The lowest BCUT2D eigenvalue weighted by atomic mass is 9.96. The fraction of sp³-hybridized carbons (Fsp3) is 0.500. The summed E-state index contributed by atoms with van der Waals surface area (Å²) in [7, 11) is 0. The maximum absolute atomic E-state index is 12.9. The van der Waals surface area contributed by atoms with Crippen molar-refractivity contribution >= 4 is 27.5 Å². The number of nitrogens with zero attached hydrogens (tertiary/aromatic N) is 2. The molecule has 1 aromatic heterocycles. The van der Waals surface area contributed by atoms with Crippen LogP contribution in [-0.2, 0) is 11.0 Å². The van der Waals surface area contributed by atoms with Gasteiger partial charge in [0, 0.05) is 25.4 Å². The zero-order valence-electron chi connectivity index (χ0n) is 14.8. The van der Waals surface area contributed by atoms with E-state index >= 15 is 0 Å². The SMILES string of the molecule is O=C(C[C@H]1C=CCC1)N1CCC(c2nc3cc(C(F)(F)F)ccc3s2)CC1. The number of amides is 1. The largest absolute Gasteiger partial charge is 0.416 e. The molecule has 144 valence electrons. The molecule has 2 aliphatic rings. The predicted molar refractivity (Wildman–Crippen MR) is 99.7 cm³/mol. The minimum atomic E-state index is -4.35. The fourth-order valence-corrected chi connectivity index (χ4v) is 5.01. The summed E-state index contributed by atoms with van der Waals surface area (Å²) in [5.41, 5.74) is -0.246. The molecule has 0 spiro atoms. The van der Waals surface area contributed by atoms with E-state index in [-0.39, 0.29) is 11.8 Å². The van der Waals surface area contributed by atoms with Gasteiger partial charge in [-0.2, -0.15) is 13.2 Å². The molecule has 3 nitrogen and oxygen atoms in total. The van der Waals surface area contributed by atoms with Gasteiger partial charge in [-0.05, 0) is 49.8 Å². The van der Waals surface area contributed by atoms with Crippen LogP contribution in [0.5, 0.6) is 0 Å². The molecule has 0 saturated carbocycles. The molecule has 1 saturated heterocycles.